The Hall–Kier alpha value is -1.05. The molecule has 106 valence electrons. The first-order valence-electron chi connectivity index (χ1n) is 6.40. The molecule has 1 aliphatic rings. The topological polar surface area (TPSA) is 64.6 Å². The molecule has 1 fully saturated rings. The number of hydrogen-bond donors (Lipinski definition) is 0. The van der Waals surface area contributed by atoms with E-state index in [0.717, 1.165) is 12.1 Å². The molecule has 1 saturated heterocycles. The minimum Gasteiger partial charge on any atom is -0.382 e. The molecule has 0 saturated carbocycles. The summed E-state index contributed by atoms with van der Waals surface area (Å²) in [6.07, 6.45) is 0.673. The van der Waals surface area contributed by atoms with Crippen molar-refractivity contribution in [3.8, 4) is 0 Å². The molecule has 19 heavy (non-hydrogen) atoms. The Labute approximate surface area is 116 Å². The lowest BCUT2D eigenvalue weighted by molar-refractivity contribution is -0.0918. The quantitative estimate of drug-likeness (QED) is 0.825. The normalized spacial score (nSPS) is 23.6. The second kappa shape index (κ2) is 6.40. The van der Waals surface area contributed by atoms with Crippen molar-refractivity contribution >= 4 is 17.4 Å². The Morgan fingerprint density at radius 1 is 1.58 bits per heavy atom. The van der Waals surface area contributed by atoms with Crippen molar-refractivity contribution in [3.05, 3.63) is 10.6 Å². The molecule has 2 heterocycles. The second-order valence-electron chi connectivity index (χ2n) is 4.64. The molecular formula is C12H19N3O3S. The number of rotatable bonds is 4. The lowest BCUT2D eigenvalue weighted by Gasteiger charge is -2.36. The standard InChI is InChI=1S/C12H19N3O3S/c1-4-10-11(19-14-13-10)12(16)15-5-8(2)18-9(6-15)7-17-3/h8-9H,4-7H2,1-3H3/t8-,9-/m0/s1. The molecule has 2 atom stereocenters. The number of aryl methyl sites for hydroxylation is 1. The molecule has 0 spiro atoms. The van der Waals surface area contributed by atoms with Crippen LogP contribution in [0, 0.1) is 0 Å². The second-order valence-corrected chi connectivity index (χ2v) is 5.39. The molecule has 1 aliphatic heterocycles. The molecule has 6 nitrogen and oxygen atoms in total. The number of amides is 1. The Morgan fingerprint density at radius 2 is 2.37 bits per heavy atom. The molecule has 0 bridgehead atoms. The number of carbonyl (C=O) groups excluding carboxylic acids is 1. The van der Waals surface area contributed by atoms with Gasteiger partial charge in [0.2, 0.25) is 0 Å². The van der Waals surface area contributed by atoms with Crippen LogP contribution < -0.4 is 0 Å². The highest BCUT2D eigenvalue weighted by atomic mass is 32.1. The van der Waals surface area contributed by atoms with Crippen molar-refractivity contribution in [1.82, 2.24) is 14.5 Å². The lowest BCUT2D eigenvalue weighted by atomic mass is 10.2. The fourth-order valence-corrected chi connectivity index (χ4v) is 2.95. The Balaban J connectivity index is 2.09. The van der Waals surface area contributed by atoms with Gasteiger partial charge in [-0.1, -0.05) is 11.4 Å². The van der Waals surface area contributed by atoms with Gasteiger partial charge in [-0.2, -0.15) is 0 Å². The van der Waals surface area contributed by atoms with Crippen molar-refractivity contribution < 1.29 is 14.3 Å². The van der Waals surface area contributed by atoms with E-state index in [9.17, 15) is 4.79 Å². The first-order chi connectivity index (χ1) is 9.15. The summed E-state index contributed by atoms with van der Waals surface area (Å²) < 4.78 is 14.7. The summed E-state index contributed by atoms with van der Waals surface area (Å²) in [6, 6.07) is 0. The van der Waals surface area contributed by atoms with Crippen LogP contribution in [-0.4, -0.2) is 59.4 Å². The highest BCUT2D eigenvalue weighted by Crippen LogP contribution is 2.18. The largest absolute Gasteiger partial charge is 0.382 e. The smallest absolute Gasteiger partial charge is 0.267 e. The van der Waals surface area contributed by atoms with E-state index in [4.69, 9.17) is 9.47 Å². The summed E-state index contributed by atoms with van der Waals surface area (Å²) in [7, 11) is 1.64. The number of morpholine rings is 1. The van der Waals surface area contributed by atoms with Crippen molar-refractivity contribution in [2.24, 2.45) is 0 Å². The van der Waals surface area contributed by atoms with E-state index in [1.807, 2.05) is 18.7 Å². The van der Waals surface area contributed by atoms with Crippen molar-refractivity contribution in [3.63, 3.8) is 0 Å². The van der Waals surface area contributed by atoms with E-state index >= 15 is 0 Å². The Morgan fingerprint density at radius 3 is 3.05 bits per heavy atom. The number of carbonyl (C=O) groups is 1. The fraction of sp³-hybridized carbons (Fsp3) is 0.750. The molecule has 0 unspecified atom stereocenters. The van der Waals surface area contributed by atoms with Gasteiger partial charge in [0, 0.05) is 20.2 Å². The minimum absolute atomic E-state index is 0.00287. The molecule has 7 heteroatoms. The Kier molecular flexibility index (Phi) is 4.84. The maximum absolute atomic E-state index is 12.5. The number of nitrogens with zero attached hydrogens (tertiary/aromatic N) is 3. The van der Waals surface area contributed by atoms with Crippen LogP contribution in [0.5, 0.6) is 0 Å². The van der Waals surface area contributed by atoms with Crippen LogP contribution in [0.4, 0.5) is 0 Å². The zero-order chi connectivity index (χ0) is 13.8. The summed E-state index contributed by atoms with van der Waals surface area (Å²) in [4.78, 5) is 15.0. The third-order valence-electron chi connectivity index (χ3n) is 3.05. The van der Waals surface area contributed by atoms with Crippen LogP contribution in [-0.2, 0) is 15.9 Å². The van der Waals surface area contributed by atoms with Gasteiger partial charge in [0.15, 0.2) is 0 Å². The molecule has 1 aromatic heterocycles. The van der Waals surface area contributed by atoms with Crippen LogP contribution in [0.3, 0.4) is 0 Å². The van der Waals surface area contributed by atoms with Gasteiger partial charge in [0.1, 0.15) is 4.88 Å². The predicted octanol–water partition coefficient (Wildman–Crippen LogP) is 0.976. The predicted molar refractivity (Wildman–Crippen MR) is 71.4 cm³/mol. The van der Waals surface area contributed by atoms with E-state index in [1.165, 1.54) is 11.5 Å². The molecule has 1 amide bonds. The third-order valence-corrected chi connectivity index (χ3v) is 3.81. The SMILES string of the molecule is CCc1nnsc1C(=O)N1C[C@@H](COC)O[C@@H](C)C1. The van der Waals surface area contributed by atoms with Crippen LogP contribution in [0.15, 0.2) is 0 Å². The number of methoxy groups -OCH3 is 1. The first kappa shape index (κ1) is 14.4. The Bertz CT molecular complexity index is 438. The maximum Gasteiger partial charge on any atom is 0.267 e. The lowest BCUT2D eigenvalue weighted by Crippen LogP contribution is -2.50. The highest BCUT2D eigenvalue weighted by Gasteiger charge is 2.30. The summed E-state index contributed by atoms with van der Waals surface area (Å²) in [5.41, 5.74) is 0.775. The minimum atomic E-state index is -0.0661. The van der Waals surface area contributed by atoms with E-state index < -0.39 is 0 Å². The third kappa shape index (κ3) is 3.29. The number of aromatic nitrogens is 2. The van der Waals surface area contributed by atoms with E-state index in [1.54, 1.807) is 7.11 Å². The van der Waals surface area contributed by atoms with E-state index in [0.29, 0.717) is 24.6 Å². The van der Waals surface area contributed by atoms with Gasteiger partial charge >= 0.3 is 0 Å². The van der Waals surface area contributed by atoms with Crippen molar-refractivity contribution in [1.29, 1.82) is 0 Å². The van der Waals surface area contributed by atoms with Gasteiger partial charge in [-0.05, 0) is 24.9 Å². The molecule has 0 radical (unpaired) electrons. The average molecular weight is 285 g/mol. The van der Waals surface area contributed by atoms with Gasteiger partial charge in [-0.3, -0.25) is 4.79 Å². The van der Waals surface area contributed by atoms with Gasteiger partial charge in [0.25, 0.3) is 5.91 Å². The van der Waals surface area contributed by atoms with Crippen LogP contribution in [0.1, 0.15) is 29.2 Å². The van der Waals surface area contributed by atoms with Gasteiger partial charge in [-0.25, -0.2) is 0 Å². The van der Waals surface area contributed by atoms with Gasteiger partial charge in [-0.15, -0.1) is 5.10 Å². The molecule has 0 aromatic carbocycles. The zero-order valence-electron chi connectivity index (χ0n) is 11.5. The summed E-state index contributed by atoms with van der Waals surface area (Å²) in [5.74, 6) is 0.00287. The van der Waals surface area contributed by atoms with Gasteiger partial charge in [0.05, 0.1) is 24.5 Å². The van der Waals surface area contributed by atoms with Gasteiger partial charge < -0.3 is 14.4 Å². The molecule has 1 aromatic rings. The van der Waals surface area contributed by atoms with Crippen LogP contribution in [0.2, 0.25) is 0 Å². The molecule has 2 rings (SSSR count). The maximum atomic E-state index is 12.5. The van der Waals surface area contributed by atoms with Crippen LogP contribution >= 0.6 is 11.5 Å². The van der Waals surface area contributed by atoms with E-state index in [-0.39, 0.29) is 18.1 Å². The zero-order valence-corrected chi connectivity index (χ0v) is 12.3. The highest BCUT2D eigenvalue weighted by molar-refractivity contribution is 7.08. The van der Waals surface area contributed by atoms with Crippen molar-refractivity contribution in [2.45, 2.75) is 32.5 Å². The summed E-state index contributed by atoms with van der Waals surface area (Å²) in [5, 5.41) is 3.99. The van der Waals surface area contributed by atoms with E-state index in [2.05, 4.69) is 9.59 Å². The number of ether oxygens (including phenoxy) is 2. The monoisotopic (exact) mass is 285 g/mol. The molecular weight excluding hydrogens is 266 g/mol. The fourth-order valence-electron chi connectivity index (χ4n) is 2.23. The van der Waals surface area contributed by atoms with Crippen molar-refractivity contribution in [2.75, 3.05) is 26.8 Å². The average Bonchev–Trinajstić information content (AvgIpc) is 2.85. The first-order valence-corrected chi connectivity index (χ1v) is 7.17. The molecule has 0 N–H and O–H groups in total. The summed E-state index contributed by atoms with van der Waals surface area (Å²) in [6.45, 7) is 5.59. The number of hydrogen-bond acceptors (Lipinski definition) is 6. The van der Waals surface area contributed by atoms with Crippen LogP contribution in [0.25, 0.3) is 0 Å². The molecule has 0 aliphatic carbocycles. The summed E-state index contributed by atoms with van der Waals surface area (Å²) >= 11 is 1.17.